The second-order valence-electron chi connectivity index (χ2n) is 8.38. The molecule has 1 aromatic rings. The Bertz CT molecular complexity index is 896. The predicted octanol–water partition coefficient (Wildman–Crippen LogP) is 0.426. The lowest BCUT2D eigenvalue weighted by Gasteiger charge is -2.42. The smallest absolute Gasteiger partial charge is 0.277 e. The summed E-state index contributed by atoms with van der Waals surface area (Å²) in [4.78, 5) is 42.5. The van der Waals surface area contributed by atoms with Crippen molar-refractivity contribution in [2.24, 2.45) is 0 Å². The molecule has 5 heterocycles. The van der Waals surface area contributed by atoms with E-state index in [-0.39, 0.29) is 29.6 Å². The van der Waals surface area contributed by atoms with Gasteiger partial charge in [-0.05, 0) is 51.1 Å². The number of aromatic amines is 1. The predicted molar refractivity (Wildman–Crippen MR) is 102 cm³/mol. The fourth-order valence-electron chi connectivity index (χ4n) is 5.71. The van der Waals surface area contributed by atoms with E-state index in [9.17, 15) is 14.4 Å². The van der Waals surface area contributed by atoms with Crippen molar-refractivity contribution in [3.63, 3.8) is 0 Å². The molecule has 4 atom stereocenters. The number of carbonyl (C=O) groups is 2. The first-order valence-corrected chi connectivity index (χ1v) is 10.2. The minimum absolute atomic E-state index is 0.0186. The fourth-order valence-corrected chi connectivity index (χ4v) is 5.71. The third-order valence-corrected chi connectivity index (χ3v) is 7.03. The molecular weight excluding hydrogens is 358 g/mol. The molecule has 2 bridgehead atoms. The lowest BCUT2D eigenvalue weighted by Crippen LogP contribution is -2.59. The number of amides is 2. The Labute approximate surface area is 163 Å². The quantitative estimate of drug-likeness (QED) is 0.738. The maximum atomic E-state index is 13.7. The maximum absolute atomic E-state index is 13.7. The molecule has 0 aromatic carbocycles. The highest BCUT2D eigenvalue weighted by molar-refractivity contribution is 5.94. The molecule has 3 saturated heterocycles. The molecule has 0 spiro atoms. The third-order valence-electron chi connectivity index (χ3n) is 7.03. The molecule has 5 rings (SSSR count). The van der Waals surface area contributed by atoms with Crippen molar-refractivity contribution in [1.29, 1.82) is 0 Å². The van der Waals surface area contributed by atoms with Crippen LogP contribution in [0.3, 0.4) is 0 Å². The highest BCUT2D eigenvalue weighted by atomic mass is 16.2. The summed E-state index contributed by atoms with van der Waals surface area (Å²) in [7, 11) is 0. The first-order chi connectivity index (χ1) is 13.6. The molecule has 0 radical (unpaired) electrons. The zero-order valence-electron chi connectivity index (χ0n) is 15.8. The van der Waals surface area contributed by atoms with Crippen molar-refractivity contribution in [1.82, 2.24) is 25.3 Å². The highest BCUT2D eigenvalue weighted by Gasteiger charge is 2.56. The number of rotatable bonds is 3. The van der Waals surface area contributed by atoms with Crippen LogP contribution in [0.1, 0.15) is 48.9 Å². The molecule has 2 N–H and O–H groups in total. The minimum Gasteiger partial charge on any atom is -0.347 e. The van der Waals surface area contributed by atoms with Crippen molar-refractivity contribution in [3.8, 4) is 0 Å². The van der Waals surface area contributed by atoms with E-state index in [1.807, 2.05) is 0 Å². The van der Waals surface area contributed by atoms with Gasteiger partial charge >= 0.3 is 0 Å². The van der Waals surface area contributed by atoms with Crippen molar-refractivity contribution in [2.45, 2.75) is 62.2 Å². The Morgan fingerprint density at radius 1 is 1.29 bits per heavy atom. The minimum atomic E-state index is -0.495. The van der Waals surface area contributed by atoms with Gasteiger partial charge in [0.05, 0.1) is 12.1 Å². The Kier molecular flexibility index (Phi) is 4.12. The molecule has 0 aliphatic carbocycles. The molecule has 3 fully saturated rings. The van der Waals surface area contributed by atoms with Gasteiger partial charge in [0.15, 0.2) is 0 Å². The van der Waals surface area contributed by atoms with Crippen LogP contribution in [0, 0.1) is 0 Å². The monoisotopic (exact) mass is 383 g/mol. The molecule has 2 amide bonds. The first kappa shape index (κ1) is 17.6. The summed E-state index contributed by atoms with van der Waals surface area (Å²) in [6.45, 7) is 1.82. The third kappa shape index (κ3) is 2.54. The number of hydrogen-bond donors (Lipinski definition) is 2. The topological polar surface area (TPSA) is 98.4 Å². The number of nitrogens with zero attached hydrogens (tertiary/aromatic N) is 3. The van der Waals surface area contributed by atoms with Crippen LogP contribution in [0.25, 0.3) is 0 Å². The molecule has 28 heavy (non-hydrogen) atoms. The van der Waals surface area contributed by atoms with Crippen LogP contribution in [-0.4, -0.2) is 68.6 Å². The molecule has 1 aromatic heterocycles. The van der Waals surface area contributed by atoms with Crippen LogP contribution in [0.5, 0.6) is 0 Å². The van der Waals surface area contributed by atoms with E-state index in [0.29, 0.717) is 0 Å². The maximum Gasteiger partial charge on any atom is 0.277 e. The summed E-state index contributed by atoms with van der Waals surface area (Å²) >= 11 is 0. The Balaban J connectivity index is 1.35. The van der Waals surface area contributed by atoms with Crippen molar-refractivity contribution < 1.29 is 9.59 Å². The molecule has 148 valence electrons. The van der Waals surface area contributed by atoms with E-state index in [4.69, 9.17) is 0 Å². The van der Waals surface area contributed by atoms with Crippen LogP contribution in [-0.2, 0) is 4.79 Å². The number of nitrogens with one attached hydrogen (secondary N) is 2. The number of carbonyl (C=O) groups excluding carboxylic acids is 2. The van der Waals surface area contributed by atoms with Gasteiger partial charge in [-0.3, -0.25) is 19.3 Å². The molecule has 0 saturated carbocycles. The molecule has 4 aliphatic rings. The van der Waals surface area contributed by atoms with Crippen molar-refractivity contribution in [2.75, 3.05) is 13.1 Å². The van der Waals surface area contributed by atoms with Gasteiger partial charge in [0.25, 0.3) is 11.5 Å². The van der Waals surface area contributed by atoms with Crippen LogP contribution in [0.4, 0.5) is 0 Å². The van der Waals surface area contributed by atoms with Gasteiger partial charge in [0.1, 0.15) is 11.1 Å². The Morgan fingerprint density at radius 3 is 3.04 bits per heavy atom. The van der Waals surface area contributed by atoms with Crippen LogP contribution < -0.4 is 10.9 Å². The van der Waals surface area contributed by atoms with Gasteiger partial charge in [0, 0.05) is 18.8 Å². The normalized spacial score (nSPS) is 33.9. The van der Waals surface area contributed by atoms with Crippen LogP contribution >= 0.6 is 0 Å². The van der Waals surface area contributed by atoms with E-state index >= 15 is 0 Å². The molecule has 4 aliphatic heterocycles. The highest BCUT2D eigenvalue weighted by Crippen LogP contribution is 2.44. The SMILES string of the molecule is O=C(N[C@@H]1C[C@H]2CC[C@@H]1N2C(=O)C12CC=CCN1CCC2)c1ccn[nH]c1=O. The molecular formula is C20H25N5O3. The summed E-state index contributed by atoms with van der Waals surface area (Å²) < 4.78 is 0. The summed E-state index contributed by atoms with van der Waals surface area (Å²) in [5, 5.41) is 8.93. The van der Waals surface area contributed by atoms with Crippen LogP contribution in [0.2, 0.25) is 0 Å². The van der Waals surface area contributed by atoms with E-state index in [1.54, 1.807) is 0 Å². The Hall–Kier alpha value is -2.48. The van der Waals surface area contributed by atoms with Gasteiger partial charge in [0.2, 0.25) is 5.91 Å². The van der Waals surface area contributed by atoms with E-state index in [0.717, 1.165) is 51.6 Å². The number of aromatic nitrogens is 2. The second kappa shape index (κ2) is 6.55. The zero-order valence-corrected chi connectivity index (χ0v) is 15.8. The number of hydrogen-bond acceptors (Lipinski definition) is 5. The van der Waals surface area contributed by atoms with Gasteiger partial charge in [-0.15, -0.1) is 0 Å². The Morgan fingerprint density at radius 2 is 2.18 bits per heavy atom. The summed E-state index contributed by atoms with van der Waals surface area (Å²) in [6.07, 6.45) is 11.1. The van der Waals surface area contributed by atoms with E-state index in [2.05, 4.69) is 37.5 Å². The number of H-pyrrole nitrogens is 1. The van der Waals surface area contributed by atoms with E-state index in [1.165, 1.54) is 12.3 Å². The summed E-state index contributed by atoms with van der Waals surface area (Å²) in [5.74, 6) is -0.157. The second-order valence-corrected chi connectivity index (χ2v) is 8.38. The van der Waals surface area contributed by atoms with Gasteiger partial charge in [-0.2, -0.15) is 5.10 Å². The standard InChI is InChI=1S/C20H25N5O3/c26-17(14-6-9-21-23-18(14)27)22-15-12-13-4-5-16(15)25(13)19(28)20-7-1-2-10-24(20)11-3-8-20/h1-2,6,9,13,15-16H,3-5,7-8,10-12H2,(H,22,26)(H,23,27)/t13-,15-,16+,20?/m1/s1. The fraction of sp³-hybridized carbons (Fsp3) is 0.600. The van der Waals surface area contributed by atoms with E-state index < -0.39 is 17.0 Å². The molecule has 8 nitrogen and oxygen atoms in total. The first-order valence-electron chi connectivity index (χ1n) is 10.2. The zero-order chi connectivity index (χ0) is 19.3. The lowest BCUT2D eigenvalue weighted by atomic mass is 9.87. The largest absolute Gasteiger partial charge is 0.347 e. The van der Waals surface area contributed by atoms with Crippen molar-refractivity contribution >= 4 is 11.8 Å². The molecule has 1 unspecified atom stereocenters. The van der Waals surface area contributed by atoms with Crippen molar-refractivity contribution in [3.05, 3.63) is 40.3 Å². The lowest BCUT2D eigenvalue weighted by molar-refractivity contribution is -0.144. The summed E-state index contributed by atoms with van der Waals surface area (Å²) in [5.41, 5.74) is -0.823. The van der Waals surface area contributed by atoms with Gasteiger partial charge in [-0.25, -0.2) is 5.10 Å². The molecule has 8 heteroatoms. The van der Waals surface area contributed by atoms with Gasteiger partial charge in [-0.1, -0.05) is 12.2 Å². The average Bonchev–Trinajstić information content (AvgIpc) is 3.40. The van der Waals surface area contributed by atoms with Gasteiger partial charge < -0.3 is 10.2 Å². The number of fused-ring (bicyclic) bond motifs is 3. The average molecular weight is 383 g/mol. The van der Waals surface area contributed by atoms with Crippen LogP contribution in [0.15, 0.2) is 29.2 Å². The summed E-state index contributed by atoms with van der Waals surface area (Å²) in [6, 6.07) is 1.52.